The average Bonchev–Trinajstić information content (AvgIpc) is 2.24. The second kappa shape index (κ2) is 5.52. The molecule has 0 radical (unpaired) electrons. The molecular formula is C14H23NO2. The van der Waals surface area contributed by atoms with Crippen LogP contribution in [0.3, 0.4) is 0 Å². The van der Waals surface area contributed by atoms with Crippen molar-refractivity contribution in [2.24, 2.45) is 5.73 Å². The van der Waals surface area contributed by atoms with Gasteiger partial charge in [0.2, 0.25) is 0 Å². The van der Waals surface area contributed by atoms with Crippen molar-refractivity contribution in [3.05, 3.63) is 29.3 Å². The Morgan fingerprint density at radius 1 is 1.41 bits per heavy atom. The maximum absolute atomic E-state index is 9.89. The molecule has 0 aliphatic rings. The summed E-state index contributed by atoms with van der Waals surface area (Å²) in [6.45, 7) is 8.02. The highest BCUT2D eigenvalue weighted by molar-refractivity contribution is 5.38. The number of aryl methyl sites for hydroxylation is 1. The molecule has 0 spiro atoms. The molecule has 2 unspecified atom stereocenters. The Morgan fingerprint density at radius 3 is 2.65 bits per heavy atom. The Morgan fingerprint density at radius 2 is 2.06 bits per heavy atom. The minimum Gasteiger partial charge on any atom is -0.490 e. The monoisotopic (exact) mass is 237 g/mol. The molecule has 0 aliphatic carbocycles. The fourth-order valence-corrected chi connectivity index (χ4v) is 1.81. The van der Waals surface area contributed by atoms with E-state index in [4.69, 9.17) is 10.5 Å². The minimum absolute atomic E-state index is 0.0611. The van der Waals surface area contributed by atoms with Gasteiger partial charge in [0.05, 0.1) is 11.7 Å². The summed E-state index contributed by atoms with van der Waals surface area (Å²) in [6, 6.07) is 5.99. The third kappa shape index (κ3) is 4.02. The number of aliphatic hydroxyl groups is 1. The number of hydrogen-bond acceptors (Lipinski definition) is 3. The molecule has 0 amide bonds. The lowest BCUT2D eigenvalue weighted by atomic mass is 9.99. The zero-order valence-corrected chi connectivity index (χ0v) is 11.2. The van der Waals surface area contributed by atoms with Crippen LogP contribution in [0.4, 0.5) is 0 Å². The van der Waals surface area contributed by atoms with Gasteiger partial charge in [-0.15, -0.1) is 0 Å². The Hall–Kier alpha value is -1.06. The van der Waals surface area contributed by atoms with E-state index in [1.54, 1.807) is 6.92 Å². The smallest absolute Gasteiger partial charge is 0.122 e. The number of nitrogens with two attached hydrogens (primary N) is 1. The maximum Gasteiger partial charge on any atom is 0.122 e. The van der Waals surface area contributed by atoms with E-state index in [-0.39, 0.29) is 12.6 Å². The van der Waals surface area contributed by atoms with Gasteiger partial charge in [-0.05, 0) is 44.9 Å². The highest BCUT2D eigenvalue weighted by Gasteiger charge is 2.22. The van der Waals surface area contributed by atoms with Gasteiger partial charge in [0, 0.05) is 13.0 Å². The van der Waals surface area contributed by atoms with E-state index in [0.29, 0.717) is 6.42 Å². The number of hydrogen-bond donors (Lipinski definition) is 2. The fraction of sp³-hybridized carbons (Fsp3) is 0.571. The zero-order valence-electron chi connectivity index (χ0n) is 11.2. The lowest BCUT2D eigenvalue weighted by Crippen LogP contribution is -2.38. The molecule has 96 valence electrons. The molecule has 0 heterocycles. The molecule has 0 aliphatic heterocycles. The summed E-state index contributed by atoms with van der Waals surface area (Å²) < 4.78 is 5.85. The molecule has 0 saturated carbocycles. The Labute approximate surface area is 104 Å². The Kier molecular flexibility index (Phi) is 4.54. The first-order chi connectivity index (χ1) is 7.85. The highest BCUT2D eigenvalue weighted by atomic mass is 16.5. The summed E-state index contributed by atoms with van der Waals surface area (Å²) in [5, 5.41) is 9.89. The van der Waals surface area contributed by atoms with Gasteiger partial charge in [-0.25, -0.2) is 0 Å². The third-order valence-corrected chi connectivity index (χ3v) is 3.05. The number of rotatable bonds is 5. The van der Waals surface area contributed by atoms with Gasteiger partial charge < -0.3 is 15.6 Å². The van der Waals surface area contributed by atoms with Gasteiger partial charge in [0.25, 0.3) is 0 Å². The van der Waals surface area contributed by atoms with Crippen LogP contribution in [0.5, 0.6) is 5.75 Å². The average molecular weight is 237 g/mol. The summed E-state index contributed by atoms with van der Waals surface area (Å²) >= 11 is 0. The van der Waals surface area contributed by atoms with Crippen LogP contribution in [0.1, 0.15) is 31.4 Å². The van der Waals surface area contributed by atoms with Crippen LogP contribution in [0.2, 0.25) is 0 Å². The van der Waals surface area contributed by atoms with Crippen molar-refractivity contribution in [2.75, 3.05) is 6.54 Å². The predicted molar refractivity (Wildman–Crippen MR) is 70.3 cm³/mol. The molecule has 1 aromatic carbocycles. The summed E-state index contributed by atoms with van der Waals surface area (Å²) in [5.74, 6) is 0.880. The summed E-state index contributed by atoms with van der Waals surface area (Å²) in [4.78, 5) is 0. The first-order valence-corrected chi connectivity index (χ1v) is 6.01. The van der Waals surface area contributed by atoms with Crippen LogP contribution in [0.25, 0.3) is 0 Å². The van der Waals surface area contributed by atoms with E-state index in [1.807, 2.05) is 26.0 Å². The molecule has 17 heavy (non-hydrogen) atoms. The molecule has 0 fully saturated rings. The molecule has 0 bridgehead atoms. The van der Waals surface area contributed by atoms with Crippen molar-refractivity contribution in [3.8, 4) is 5.75 Å². The quantitative estimate of drug-likeness (QED) is 0.825. The zero-order chi connectivity index (χ0) is 13.1. The molecule has 2 atom stereocenters. The van der Waals surface area contributed by atoms with E-state index >= 15 is 0 Å². The van der Waals surface area contributed by atoms with Crippen LogP contribution < -0.4 is 10.5 Å². The van der Waals surface area contributed by atoms with Gasteiger partial charge in [-0.3, -0.25) is 0 Å². The van der Waals surface area contributed by atoms with E-state index in [1.165, 1.54) is 5.56 Å². The van der Waals surface area contributed by atoms with Gasteiger partial charge in [-0.1, -0.05) is 12.1 Å². The SMILES string of the molecule is Cc1cccc(OC(C)CC(C)(O)CN)c1C. The molecule has 0 saturated heterocycles. The predicted octanol–water partition coefficient (Wildman–Crippen LogP) is 2.17. The second-order valence-electron chi connectivity index (χ2n) is 5.03. The molecule has 3 N–H and O–H groups in total. The standard InChI is InChI=1S/C14H23NO2/c1-10-6-5-7-13(12(10)3)17-11(2)8-14(4,16)9-15/h5-7,11,16H,8-9,15H2,1-4H3. The van der Waals surface area contributed by atoms with Gasteiger partial charge in [-0.2, -0.15) is 0 Å². The van der Waals surface area contributed by atoms with Crippen LogP contribution in [0.15, 0.2) is 18.2 Å². The van der Waals surface area contributed by atoms with Crippen molar-refractivity contribution >= 4 is 0 Å². The number of benzene rings is 1. The normalized spacial score (nSPS) is 16.4. The van der Waals surface area contributed by atoms with E-state index in [9.17, 15) is 5.11 Å². The summed E-state index contributed by atoms with van der Waals surface area (Å²) in [5.41, 5.74) is 6.99. The molecular weight excluding hydrogens is 214 g/mol. The summed E-state index contributed by atoms with van der Waals surface area (Å²) in [6.07, 6.45) is 0.464. The van der Waals surface area contributed by atoms with Crippen molar-refractivity contribution in [1.29, 1.82) is 0 Å². The van der Waals surface area contributed by atoms with Gasteiger partial charge in [0.1, 0.15) is 5.75 Å². The maximum atomic E-state index is 9.89. The molecule has 1 aromatic rings. The highest BCUT2D eigenvalue weighted by Crippen LogP contribution is 2.23. The number of ether oxygens (including phenoxy) is 1. The van der Waals surface area contributed by atoms with E-state index < -0.39 is 5.60 Å². The Bertz CT molecular complexity index is 374. The van der Waals surface area contributed by atoms with Crippen molar-refractivity contribution < 1.29 is 9.84 Å². The molecule has 1 rings (SSSR count). The van der Waals surface area contributed by atoms with Crippen LogP contribution >= 0.6 is 0 Å². The second-order valence-corrected chi connectivity index (χ2v) is 5.03. The largest absolute Gasteiger partial charge is 0.490 e. The third-order valence-electron chi connectivity index (χ3n) is 3.05. The molecule has 0 aromatic heterocycles. The molecule has 3 nitrogen and oxygen atoms in total. The minimum atomic E-state index is -0.864. The van der Waals surface area contributed by atoms with E-state index in [2.05, 4.69) is 13.0 Å². The molecule has 3 heteroatoms. The lowest BCUT2D eigenvalue weighted by Gasteiger charge is -2.26. The first-order valence-electron chi connectivity index (χ1n) is 6.01. The van der Waals surface area contributed by atoms with Gasteiger partial charge >= 0.3 is 0 Å². The van der Waals surface area contributed by atoms with E-state index in [0.717, 1.165) is 11.3 Å². The Balaban J connectivity index is 2.68. The van der Waals surface area contributed by atoms with Crippen LogP contribution in [-0.2, 0) is 0 Å². The van der Waals surface area contributed by atoms with Gasteiger partial charge in [0.15, 0.2) is 0 Å². The van der Waals surface area contributed by atoms with Crippen molar-refractivity contribution in [3.63, 3.8) is 0 Å². The summed E-state index contributed by atoms with van der Waals surface area (Å²) in [7, 11) is 0. The first kappa shape index (κ1) is 14.0. The fourth-order valence-electron chi connectivity index (χ4n) is 1.81. The van der Waals surface area contributed by atoms with Crippen LogP contribution in [0, 0.1) is 13.8 Å². The van der Waals surface area contributed by atoms with Crippen molar-refractivity contribution in [2.45, 2.75) is 45.8 Å². The lowest BCUT2D eigenvalue weighted by molar-refractivity contribution is 0.0235. The van der Waals surface area contributed by atoms with Crippen molar-refractivity contribution in [1.82, 2.24) is 0 Å². The van der Waals surface area contributed by atoms with Crippen LogP contribution in [-0.4, -0.2) is 23.4 Å². The topological polar surface area (TPSA) is 55.5 Å².